The van der Waals surface area contributed by atoms with Crippen LogP contribution in [-0.4, -0.2) is 5.91 Å². The molecular formula is C17H13ClFNO2. The minimum atomic E-state index is -0.475. The molecule has 0 saturated heterocycles. The highest BCUT2D eigenvalue weighted by molar-refractivity contribution is 6.30. The van der Waals surface area contributed by atoms with Crippen LogP contribution in [-0.2, 0) is 6.54 Å². The van der Waals surface area contributed by atoms with Gasteiger partial charge in [-0.3, -0.25) is 4.79 Å². The number of aryl methyl sites for hydroxylation is 1. The number of carbonyl (C=O) groups is 1. The first-order chi connectivity index (χ1) is 10.6. The van der Waals surface area contributed by atoms with Crippen molar-refractivity contribution in [3.8, 4) is 0 Å². The minimum Gasteiger partial charge on any atom is -0.448 e. The van der Waals surface area contributed by atoms with Crippen LogP contribution in [0.2, 0.25) is 5.02 Å². The number of hydrogen-bond acceptors (Lipinski definition) is 2. The fraction of sp³-hybridized carbons (Fsp3) is 0.118. The van der Waals surface area contributed by atoms with Crippen LogP contribution in [0, 0.1) is 12.7 Å². The van der Waals surface area contributed by atoms with E-state index in [1.165, 1.54) is 6.07 Å². The van der Waals surface area contributed by atoms with E-state index in [9.17, 15) is 9.18 Å². The summed E-state index contributed by atoms with van der Waals surface area (Å²) in [4.78, 5) is 12.2. The zero-order valence-corrected chi connectivity index (χ0v) is 12.6. The number of carbonyl (C=O) groups excluding carboxylic acids is 1. The first-order valence-electron chi connectivity index (χ1n) is 6.76. The van der Waals surface area contributed by atoms with Crippen molar-refractivity contribution in [3.63, 3.8) is 0 Å². The lowest BCUT2D eigenvalue weighted by atomic mass is 10.1. The molecule has 1 heterocycles. The highest BCUT2D eigenvalue weighted by atomic mass is 35.5. The van der Waals surface area contributed by atoms with E-state index >= 15 is 0 Å². The van der Waals surface area contributed by atoms with E-state index in [4.69, 9.17) is 16.0 Å². The molecule has 112 valence electrons. The third-order valence-corrected chi connectivity index (χ3v) is 3.74. The summed E-state index contributed by atoms with van der Waals surface area (Å²) in [5.41, 5.74) is 1.65. The van der Waals surface area contributed by atoms with Crippen LogP contribution in [0.15, 0.2) is 46.9 Å². The number of benzene rings is 2. The molecular weight excluding hydrogens is 305 g/mol. The molecule has 0 aliphatic rings. The Labute approximate surface area is 131 Å². The Bertz CT molecular complexity index is 840. The average molecular weight is 318 g/mol. The van der Waals surface area contributed by atoms with Crippen molar-refractivity contribution in [3.05, 3.63) is 70.2 Å². The van der Waals surface area contributed by atoms with Crippen LogP contribution in [0.5, 0.6) is 0 Å². The molecule has 0 aliphatic heterocycles. The largest absolute Gasteiger partial charge is 0.448 e. The van der Waals surface area contributed by atoms with Crippen molar-refractivity contribution in [1.29, 1.82) is 0 Å². The molecule has 3 rings (SSSR count). The molecule has 3 nitrogen and oxygen atoms in total. The maximum absolute atomic E-state index is 13.7. The van der Waals surface area contributed by atoms with Gasteiger partial charge < -0.3 is 9.73 Å². The van der Waals surface area contributed by atoms with E-state index in [1.54, 1.807) is 31.2 Å². The number of halogens is 2. The molecule has 0 radical (unpaired) electrons. The third kappa shape index (κ3) is 2.70. The van der Waals surface area contributed by atoms with Gasteiger partial charge >= 0.3 is 0 Å². The van der Waals surface area contributed by atoms with Crippen molar-refractivity contribution in [2.45, 2.75) is 13.5 Å². The Balaban J connectivity index is 1.82. The smallest absolute Gasteiger partial charge is 0.287 e. The fourth-order valence-electron chi connectivity index (χ4n) is 2.29. The second-order valence-electron chi connectivity index (χ2n) is 4.98. The quantitative estimate of drug-likeness (QED) is 0.774. The monoisotopic (exact) mass is 317 g/mol. The van der Waals surface area contributed by atoms with Crippen LogP contribution >= 0.6 is 11.6 Å². The molecule has 3 aromatic rings. The zero-order chi connectivity index (χ0) is 15.7. The average Bonchev–Trinajstić information content (AvgIpc) is 2.85. The van der Waals surface area contributed by atoms with Gasteiger partial charge in [0.2, 0.25) is 0 Å². The van der Waals surface area contributed by atoms with E-state index in [0.717, 1.165) is 5.56 Å². The van der Waals surface area contributed by atoms with Crippen molar-refractivity contribution in [1.82, 2.24) is 5.32 Å². The fourth-order valence-corrected chi connectivity index (χ4v) is 2.42. The molecule has 0 saturated carbocycles. The molecule has 0 unspecified atom stereocenters. The Hall–Kier alpha value is -2.33. The maximum Gasteiger partial charge on any atom is 0.287 e. The first kappa shape index (κ1) is 14.6. The summed E-state index contributed by atoms with van der Waals surface area (Å²) in [7, 11) is 0. The Morgan fingerprint density at radius 3 is 2.64 bits per heavy atom. The van der Waals surface area contributed by atoms with Gasteiger partial charge in [0.1, 0.15) is 0 Å². The molecule has 0 fully saturated rings. The van der Waals surface area contributed by atoms with Gasteiger partial charge in [0.15, 0.2) is 17.2 Å². The predicted octanol–water partition coefficient (Wildman–Crippen LogP) is 4.46. The Kier molecular flexibility index (Phi) is 3.86. The van der Waals surface area contributed by atoms with Crippen molar-refractivity contribution >= 4 is 28.5 Å². The van der Waals surface area contributed by atoms with E-state index in [2.05, 4.69) is 5.32 Å². The number of fused-ring (bicyclic) bond motifs is 1. The van der Waals surface area contributed by atoms with Gasteiger partial charge in [0.05, 0.1) is 0 Å². The highest BCUT2D eigenvalue weighted by Gasteiger charge is 2.19. The lowest BCUT2D eigenvalue weighted by Crippen LogP contribution is -2.22. The van der Waals surface area contributed by atoms with E-state index in [1.807, 2.05) is 12.1 Å². The summed E-state index contributed by atoms with van der Waals surface area (Å²) < 4.78 is 19.1. The van der Waals surface area contributed by atoms with Gasteiger partial charge in [-0.25, -0.2) is 4.39 Å². The van der Waals surface area contributed by atoms with Gasteiger partial charge in [-0.05, 0) is 30.7 Å². The van der Waals surface area contributed by atoms with Gasteiger partial charge in [0, 0.05) is 22.5 Å². The van der Waals surface area contributed by atoms with E-state index in [-0.39, 0.29) is 17.3 Å². The molecule has 5 heteroatoms. The van der Waals surface area contributed by atoms with Crippen LogP contribution in [0.1, 0.15) is 21.7 Å². The summed E-state index contributed by atoms with van der Waals surface area (Å²) in [6, 6.07) is 11.8. The van der Waals surface area contributed by atoms with Crippen LogP contribution in [0.25, 0.3) is 11.0 Å². The van der Waals surface area contributed by atoms with E-state index < -0.39 is 5.82 Å². The van der Waals surface area contributed by atoms with Crippen molar-refractivity contribution < 1.29 is 13.6 Å². The summed E-state index contributed by atoms with van der Waals surface area (Å²) in [6.45, 7) is 2.08. The molecule has 0 atom stereocenters. The molecule has 0 aliphatic carbocycles. The number of para-hydroxylation sites is 1. The molecule has 22 heavy (non-hydrogen) atoms. The first-order valence-corrected chi connectivity index (χ1v) is 7.14. The predicted molar refractivity (Wildman–Crippen MR) is 83.5 cm³/mol. The van der Waals surface area contributed by atoms with E-state index in [0.29, 0.717) is 22.5 Å². The van der Waals surface area contributed by atoms with Gasteiger partial charge in [-0.2, -0.15) is 0 Å². The van der Waals surface area contributed by atoms with Crippen LogP contribution < -0.4 is 5.32 Å². The second-order valence-corrected chi connectivity index (χ2v) is 5.42. The van der Waals surface area contributed by atoms with Gasteiger partial charge in [-0.1, -0.05) is 35.9 Å². The number of rotatable bonds is 3. The number of furan rings is 1. The summed E-state index contributed by atoms with van der Waals surface area (Å²) in [5, 5.41) is 4.00. The SMILES string of the molecule is Cc1c(C(=O)NCc2ccc(Cl)cc2)oc2c(F)cccc12. The molecule has 0 bridgehead atoms. The molecule has 1 amide bonds. The van der Waals surface area contributed by atoms with Gasteiger partial charge in [0.25, 0.3) is 5.91 Å². The zero-order valence-electron chi connectivity index (χ0n) is 11.8. The minimum absolute atomic E-state index is 0.108. The van der Waals surface area contributed by atoms with Crippen molar-refractivity contribution in [2.75, 3.05) is 0 Å². The van der Waals surface area contributed by atoms with Crippen LogP contribution in [0.4, 0.5) is 4.39 Å². The lowest BCUT2D eigenvalue weighted by Gasteiger charge is -2.04. The Morgan fingerprint density at radius 1 is 1.23 bits per heavy atom. The standard InChI is InChI=1S/C17H13ClFNO2/c1-10-13-3-2-4-14(19)16(13)22-15(10)17(21)20-9-11-5-7-12(18)8-6-11/h2-8H,9H2,1H3,(H,20,21). The maximum atomic E-state index is 13.7. The summed E-state index contributed by atoms with van der Waals surface area (Å²) in [6.07, 6.45) is 0. The number of amides is 1. The molecule has 1 N–H and O–H groups in total. The summed E-state index contributed by atoms with van der Waals surface area (Å²) >= 11 is 5.81. The van der Waals surface area contributed by atoms with Crippen molar-refractivity contribution in [2.24, 2.45) is 0 Å². The Morgan fingerprint density at radius 2 is 1.95 bits per heavy atom. The number of nitrogens with one attached hydrogen (secondary N) is 1. The normalized spacial score (nSPS) is 10.9. The molecule has 2 aromatic carbocycles. The van der Waals surface area contributed by atoms with Crippen LogP contribution in [0.3, 0.4) is 0 Å². The summed E-state index contributed by atoms with van der Waals surface area (Å²) in [5.74, 6) is -0.713. The highest BCUT2D eigenvalue weighted by Crippen LogP contribution is 2.27. The van der Waals surface area contributed by atoms with Gasteiger partial charge in [-0.15, -0.1) is 0 Å². The second kappa shape index (κ2) is 5.81. The molecule has 0 spiro atoms. The molecule has 1 aromatic heterocycles. The topological polar surface area (TPSA) is 42.2 Å². The number of hydrogen-bond donors (Lipinski definition) is 1. The third-order valence-electron chi connectivity index (χ3n) is 3.49. The lowest BCUT2D eigenvalue weighted by molar-refractivity contribution is 0.0924.